The molecule has 22 heavy (non-hydrogen) atoms. The van der Waals surface area contributed by atoms with Gasteiger partial charge in [-0.25, -0.2) is 4.79 Å². The fraction of sp³-hybridized carbons (Fsp3) is 0.188. The number of hydrogen-bond acceptors (Lipinski definition) is 5. The zero-order valence-corrected chi connectivity index (χ0v) is 12.8. The molecule has 6 heteroatoms. The summed E-state index contributed by atoms with van der Waals surface area (Å²) in [4.78, 5) is 23.4. The van der Waals surface area contributed by atoms with Crippen molar-refractivity contribution in [2.45, 2.75) is 17.6 Å². The van der Waals surface area contributed by atoms with Gasteiger partial charge in [-0.05, 0) is 25.1 Å². The van der Waals surface area contributed by atoms with Crippen molar-refractivity contribution < 1.29 is 14.5 Å². The summed E-state index contributed by atoms with van der Waals surface area (Å²) in [6.45, 7) is 1.93. The molecule has 0 saturated carbocycles. The van der Waals surface area contributed by atoms with E-state index in [0.29, 0.717) is 11.3 Å². The lowest BCUT2D eigenvalue weighted by molar-refractivity contribution is -0.385. The highest BCUT2D eigenvalue weighted by molar-refractivity contribution is 7.98. The summed E-state index contributed by atoms with van der Waals surface area (Å²) < 4.78 is 4.87. The van der Waals surface area contributed by atoms with Crippen molar-refractivity contribution in [2.24, 2.45) is 0 Å². The van der Waals surface area contributed by atoms with Gasteiger partial charge in [0.15, 0.2) is 0 Å². The van der Waals surface area contributed by atoms with E-state index in [1.54, 1.807) is 19.1 Å². The van der Waals surface area contributed by atoms with Crippen LogP contribution in [0.2, 0.25) is 0 Å². The molecule has 0 atom stereocenters. The fourth-order valence-corrected chi connectivity index (χ4v) is 2.79. The molecule has 0 amide bonds. The molecule has 0 N–H and O–H groups in total. The lowest BCUT2D eigenvalue weighted by atomic mass is 10.1. The maximum absolute atomic E-state index is 11.7. The van der Waals surface area contributed by atoms with Crippen LogP contribution in [-0.4, -0.2) is 17.5 Å². The van der Waals surface area contributed by atoms with Gasteiger partial charge in [-0.15, -0.1) is 11.8 Å². The van der Waals surface area contributed by atoms with Crippen LogP contribution in [0, 0.1) is 10.1 Å². The Morgan fingerprint density at radius 2 is 1.95 bits per heavy atom. The minimum absolute atomic E-state index is 0.0611. The zero-order valence-electron chi connectivity index (χ0n) is 12.0. The fourth-order valence-electron chi connectivity index (χ4n) is 1.88. The van der Waals surface area contributed by atoms with Gasteiger partial charge >= 0.3 is 5.97 Å². The molecule has 0 aliphatic rings. The molecule has 2 aromatic rings. The summed E-state index contributed by atoms with van der Waals surface area (Å²) in [5.41, 5.74) is 0.711. The minimum atomic E-state index is -0.548. The molecule has 5 nitrogen and oxygen atoms in total. The standard InChI is InChI=1S/C16H15NO4S/c1-2-21-16(18)12-8-9-13(15(10-12)17(19)20)11-22-14-6-4-3-5-7-14/h3-10H,2,11H2,1H3. The Kier molecular flexibility index (Phi) is 5.55. The summed E-state index contributed by atoms with van der Waals surface area (Å²) in [5, 5.41) is 11.2. The highest BCUT2D eigenvalue weighted by Crippen LogP contribution is 2.28. The first-order valence-corrected chi connectivity index (χ1v) is 7.72. The summed E-state index contributed by atoms with van der Waals surface area (Å²) in [5.74, 6) is -0.0865. The highest BCUT2D eigenvalue weighted by Gasteiger charge is 2.18. The first kappa shape index (κ1) is 16.0. The normalized spacial score (nSPS) is 10.2. The number of hydrogen-bond donors (Lipinski definition) is 0. The lowest BCUT2D eigenvalue weighted by Gasteiger charge is -2.06. The second-order valence-corrected chi connectivity index (χ2v) is 5.47. The minimum Gasteiger partial charge on any atom is -0.462 e. The van der Waals surface area contributed by atoms with Crippen LogP contribution in [0.15, 0.2) is 53.4 Å². The third-order valence-corrected chi connectivity index (χ3v) is 3.99. The zero-order chi connectivity index (χ0) is 15.9. The Hall–Kier alpha value is -2.34. The molecule has 0 aliphatic carbocycles. The number of benzene rings is 2. The van der Waals surface area contributed by atoms with Gasteiger partial charge in [-0.3, -0.25) is 10.1 Å². The molecule has 2 aromatic carbocycles. The van der Waals surface area contributed by atoms with Crippen molar-refractivity contribution in [3.63, 3.8) is 0 Å². The summed E-state index contributed by atoms with van der Waals surface area (Å²) >= 11 is 1.51. The van der Waals surface area contributed by atoms with E-state index in [9.17, 15) is 14.9 Å². The Morgan fingerprint density at radius 3 is 2.59 bits per heavy atom. The monoisotopic (exact) mass is 317 g/mol. The van der Waals surface area contributed by atoms with Crippen LogP contribution in [0.4, 0.5) is 5.69 Å². The van der Waals surface area contributed by atoms with Gasteiger partial charge in [0.1, 0.15) is 0 Å². The summed E-state index contributed by atoms with van der Waals surface area (Å²) in [6.07, 6.45) is 0. The lowest BCUT2D eigenvalue weighted by Crippen LogP contribution is -2.06. The van der Waals surface area contributed by atoms with E-state index < -0.39 is 10.9 Å². The summed E-state index contributed by atoms with van der Waals surface area (Å²) in [6, 6.07) is 14.1. The van der Waals surface area contributed by atoms with Gasteiger partial charge in [0.25, 0.3) is 5.69 Å². The van der Waals surface area contributed by atoms with E-state index in [-0.39, 0.29) is 17.9 Å². The van der Waals surface area contributed by atoms with E-state index in [4.69, 9.17) is 4.74 Å². The Labute approximate surface area is 132 Å². The van der Waals surface area contributed by atoms with Crippen LogP contribution in [0.3, 0.4) is 0 Å². The average molecular weight is 317 g/mol. The smallest absolute Gasteiger partial charge is 0.338 e. The van der Waals surface area contributed by atoms with Gasteiger partial charge in [0.05, 0.1) is 17.1 Å². The second kappa shape index (κ2) is 7.61. The van der Waals surface area contributed by atoms with E-state index >= 15 is 0 Å². The maximum atomic E-state index is 11.7. The largest absolute Gasteiger partial charge is 0.462 e. The number of esters is 1. The number of carbonyl (C=O) groups excluding carboxylic acids is 1. The van der Waals surface area contributed by atoms with Crippen LogP contribution in [0.1, 0.15) is 22.8 Å². The molecular weight excluding hydrogens is 302 g/mol. The van der Waals surface area contributed by atoms with Gasteiger partial charge in [-0.1, -0.05) is 24.3 Å². The number of nitro benzene ring substituents is 1. The van der Waals surface area contributed by atoms with Gasteiger partial charge in [0, 0.05) is 22.3 Å². The van der Waals surface area contributed by atoms with Gasteiger partial charge in [0.2, 0.25) is 0 Å². The van der Waals surface area contributed by atoms with Crippen LogP contribution in [-0.2, 0) is 10.5 Å². The number of ether oxygens (including phenoxy) is 1. The SMILES string of the molecule is CCOC(=O)c1ccc(CSc2ccccc2)c([N+](=O)[O-])c1. The molecule has 0 aromatic heterocycles. The molecule has 2 rings (SSSR count). The average Bonchev–Trinajstić information content (AvgIpc) is 2.54. The van der Waals surface area contributed by atoms with Crippen molar-refractivity contribution >= 4 is 23.4 Å². The van der Waals surface area contributed by atoms with Crippen LogP contribution < -0.4 is 0 Å². The van der Waals surface area contributed by atoms with Gasteiger partial charge in [-0.2, -0.15) is 0 Å². The number of rotatable bonds is 6. The predicted octanol–water partition coefficient (Wildman–Crippen LogP) is 4.06. The van der Waals surface area contributed by atoms with Crippen molar-refractivity contribution in [2.75, 3.05) is 6.61 Å². The van der Waals surface area contributed by atoms with Crippen molar-refractivity contribution in [1.29, 1.82) is 0 Å². The van der Waals surface area contributed by atoms with Gasteiger partial charge < -0.3 is 4.74 Å². The predicted molar refractivity (Wildman–Crippen MR) is 85.1 cm³/mol. The molecule has 0 bridgehead atoms. The maximum Gasteiger partial charge on any atom is 0.338 e. The molecule has 0 saturated heterocycles. The first-order chi connectivity index (χ1) is 10.6. The van der Waals surface area contributed by atoms with Crippen LogP contribution in [0.25, 0.3) is 0 Å². The topological polar surface area (TPSA) is 69.4 Å². The third kappa shape index (κ3) is 4.08. The molecule has 114 valence electrons. The number of nitrogens with zero attached hydrogens (tertiary/aromatic N) is 1. The van der Waals surface area contributed by atoms with E-state index in [2.05, 4.69) is 0 Å². The Bertz CT molecular complexity index is 673. The van der Waals surface area contributed by atoms with E-state index in [1.807, 2.05) is 30.3 Å². The molecule has 0 fully saturated rings. The van der Waals surface area contributed by atoms with E-state index in [1.165, 1.54) is 17.8 Å². The second-order valence-electron chi connectivity index (χ2n) is 4.42. The van der Waals surface area contributed by atoms with Crippen molar-refractivity contribution in [3.05, 3.63) is 69.8 Å². The number of nitro groups is 1. The quantitative estimate of drug-likeness (QED) is 0.348. The highest BCUT2D eigenvalue weighted by atomic mass is 32.2. The number of thioether (sulfide) groups is 1. The molecule has 0 unspecified atom stereocenters. The Morgan fingerprint density at radius 1 is 1.23 bits per heavy atom. The number of carbonyl (C=O) groups is 1. The molecular formula is C16H15NO4S. The molecule has 0 spiro atoms. The molecule has 0 radical (unpaired) electrons. The van der Waals surface area contributed by atoms with E-state index in [0.717, 1.165) is 4.90 Å². The molecule has 0 heterocycles. The third-order valence-electron chi connectivity index (χ3n) is 2.93. The van der Waals surface area contributed by atoms with Crippen molar-refractivity contribution in [3.8, 4) is 0 Å². The van der Waals surface area contributed by atoms with Crippen LogP contribution in [0.5, 0.6) is 0 Å². The Balaban J connectivity index is 2.20. The molecule has 0 aliphatic heterocycles. The van der Waals surface area contributed by atoms with Crippen LogP contribution >= 0.6 is 11.8 Å². The summed E-state index contributed by atoms with van der Waals surface area (Å²) in [7, 11) is 0. The first-order valence-electron chi connectivity index (χ1n) is 6.74. The van der Waals surface area contributed by atoms with Crippen molar-refractivity contribution in [1.82, 2.24) is 0 Å².